The van der Waals surface area contributed by atoms with Crippen molar-refractivity contribution in [3.8, 4) is 0 Å². The normalized spacial score (nSPS) is 12.1. The molecule has 0 radical (unpaired) electrons. The Morgan fingerprint density at radius 3 is 2.85 bits per heavy atom. The molecule has 0 amide bonds. The summed E-state index contributed by atoms with van der Waals surface area (Å²) < 4.78 is 0. The van der Waals surface area contributed by atoms with Crippen LogP contribution in [0.25, 0.3) is 0 Å². The van der Waals surface area contributed by atoms with Crippen LogP contribution in [-0.2, 0) is 0 Å². The molecule has 0 spiro atoms. The number of hydrogen-bond donors (Lipinski definition) is 2. The molecule has 1 heterocycles. The number of thiocarbonyl (C=S) groups is 1. The molecule has 1 aromatic heterocycles. The Morgan fingerprint density at radius 2 is 2.25 bits per heavy atom. The van der Waals surface area contributed by atoms with Crippen LogP contribution < -0.4 is 11.1 Å². The second kappa shape index (κ2) is 7.07. The molecule has 2 rings (SSSR count). The van der Waals surface area contributed by atoms with E-state index < -0.39 is 0 Å². The quantitative estimate of drug-likeness (QED) is 0.735. The van der Waals surface area contributed by atoms with E-state index in [2.05, 4.69) is 29.8 Å². The molecule has 0 aliphatic rings. The molecule has 0 bridgehead atoms. The van der Waals surface area contributed by atoms with Crippen LogP contribution in [-0.4, -0.2) is 4.99 Å². The summed E-state index contributed by atoms with van der Waals surface area (Å²) in [5, 5.41) is 6.30. The second-order valence-electron chi connectivity index (χ2n) is 4.56. The lowest BCUT2D eigenvalue weighted by Gasteiger charge is -2.20. The molecule has 0 fully saturated rings. The van der Waals surface area contributed by atoms with Crippen molar-refractivity contribution in [1.29, 1.82) is 0 Å². The first-order valence-corrected chi connectivity index (χ1v) is 8.17. The number of thiophene rings is 1. The van der Waals surface area contributed by atoms with Gasteiger partial charge in [0.1, 0.15) is 4.99 Å². The minimum Gasteiger partial charge on any atom is -0.389 e. The van der Waals surface area contributed by atoms with Crippen molar-refractivity contribution in [3.63, 3.8) is 0 Å². The van der Waals surface area contributed by atoms with Gasteiger partial charge in [-0.3, -0.25) is 0 Å². The van der Waals surface area contributed by atoms with Crippen molar-refractivity contribution in [1.82, 2.24) is 0 Å². The van der Waals surface area contributed by atoms with Gasteiger partial charge in [0, 0.05) is 21.2 Å². The molecule has 3 N–H and O–H groups in total. The summed E-state index contributed by atoms with van der Waals surface area (Å²) in [6.45, 7) is 2.18. The zero-order chi connectivity index (χ0) is 14.5. The Bertz CT molecular complexity index is 582. The summed E-state index contributed by atoms with van der Waals surface area (Å²) in [7, 11) is 0. The van der Waals surface area contributed by atoms with Gasteiger partial charge in [-0.15, -0.1) is 11.3 Å². The average Bonchev–Trinajstić information content (AvgIpc) is 2.91. The molecular formula is C15H17ClN2S2. The highest BCUT2D eigenvalue weighted by Crippen LogP contribution is 2.30. The minimum absolute atomic E-state index is 0.256. The zero-order valence-corrected chi connectivity index (χ0v) is 13.6. The number of anilines is 1. The highest BCUT2D eigenvalue weighted by Gasteiger charge is 2.14. The number of nitrogens with two attached hydrogens (primary N) is 1. The van der Waals surface area contributed by atoms with Crippen LogP contribution in [0.4, 0.5) is 5.69 Å². The lowest BCUT2D eigenvalue weighted by molar-refractivity contribution is 0.687. The molecule has 5 heteroatoms. The summed E-state index contributed by atoms with van der Waals surface area (Å²) >= 11 is 12.9. The molecule has 0 saturated carbocycles. The first-order chi connectivity index (χ1) is 9.61. The van der Waals surface area contributed by atoms with Crippen molar-refractivity contribution in [2.75, 3.05) is 5.32 Å². The Hall–Kier alpha value is -1.10. The lowest BCUT2D eigenvalue weighted by Crippen LogP contribution is -2.16. The van der Waals surface area contributed by atoms with Gasteiger partial charge in [-0.25, -0.2) is 0 Å². The monoisotopic (exact) mass is 324 g/mol. The van der Waals surface area contributed by atoms with E-state index in [1.54, 1.807) is 17.4 Å². The number of rotatable bonds is 6. The number of benzene rings is 1. The van der Waals surface area contributed by atoms with Gasteiger partial charge in [-0.1, -0.05) is 43.2 Å². The van der Waals surface area contributed by atoms with E-state index >= 15 is 0 Å². The van der Waals surface area contributed by atoms with Gasteiger partial charge in [0.15, 0.2) is 0 Å². The van der Waals surface area contributed by atoms with E-state index in [0.717, 1.165) is 24.1 Å². The van der Waals surface area contributed by atoms with Crippen molar-refractivity contribution in [2.45, 2.75) is 25.8 Å². The van der Waals surface area contributed by atoms with Crippen molar-refractivity contribution >= 4 is 45.8 Å². The summed E-state index contributed by atoms with van der Waals surface area (Å²) in [6, 6.07) is 10.0. The number of halogens is 1. The third-order valence-corrected chi connectivity index (χ3v) is 4.48. The Balaban J connectivity index is 2.30. The molecule has 0 saturated heterocycles. The smallest absolute Gasteiger partial charge is 0.106 e. The zero-order valence-electron chi connectivity index (χ0n) is 11.2. The topological polar surface area (TPSA) is 38.0 Å². The minimum atomic E-state index is 0.256. The van der Waals surface area contributed by atoms with Gasteiger partial charge in [0.25, 0.3) is 0 Å². The van der Waals surface area contributed by atoms with Crippen molar-refractivity contribution in [3.05, 3.63) is 51.2 Å². The number of hydrogen-bond acceptors (Lipinski definition) is 3. The first kappa shape index (κ1) is 15.3. The maximum atomic E-state index is 6.09. The van der Waals surface area contributed by atoms with Crippen LogP contribution in [0.5, 0.6) is 0 Å². The lowest BCUT2D eigenvalue weighted by atomic mass is 10.1. The van der Waals surface area contributed by atoms with Gasteiger partial charge in [-0.2, -0.15) is 0 Å². The second-order valence-corrected chi connectivity index (χ2v) is 6.41. The van der Waals surface area contributed by atoms with E-state index in [1.165, 1.54) is 4.88 Å². The molecule has 0 aliphatic heterocycles. The van der Waals surface area contributed by atoms with E-state index in [0.29, 0.717) is 10.0 Å². The van der Waals surface area contributed by atoms with Gasteiger partial charge in [0.2, 0.25) is 0 Å². The van der Waals surface area contributed by atoms with Crippen molar-refractivity contribution in [2.24, 2.45) is 5.73 Å². The van der Waals surface area contributed by atoms with Crippen LogP contribution in [0.2, 0.25) is 5.02 Å². The fourth-order valence-corrected chi connectivity index (χ4v) is 3.26. The van der Waals surface area contributed by atoms with Gasteiger partial charge < -0.3 is 11.1 Å². The van der Waals surface area contributed by atoms with Crippen LogP contribution in [0, 0.1) is 0 Å². The summed E-state index contributed by atoms with van der Waals surface area (Å²) in [6.07, 6.45) is 2.14. The van der Waals surface area contributed by atoms with E-state index in [1.807, 2.05) is 12.1 Å². The highest BCUT2D eigenvalue weighted by molar-refractivity contribution is 7.80. The highest BCUT2D eigenvalue weighted by atomic mass is 35.5. The van der Waals surface area contributed by atoms with E-state index in [4.69, 9.17) is 29.6 Å². The first-order valence-electron chi connectivity index (χ1n) is 6.51. The van der Waals surface area contributed by atoms with E-state index in [-0.39, 0.29) is 6.04 Å². The fraction of sp³-hybridized carbons (Fsp3) is 0.267. The van der Waals surface area contributed by atoms with Gasteiger partial charge in [0.05, 0.1) is 6.04 Å². The maximum absolute atomic E-state index is 6.09. The fourth-order valence-electron chi connectivity index (χ4n) is 2.10. The molecule has 0 aliphatic carbocycles. The molecular weight excluding hydrogens is 308 g/mol. The molecule has 1 atom stereocenters. The van der Waals surface area contributed by atoms with Gasteiger partial charge >= 0.3 is 0 Å². The molecule has 2 aromatic rings. The Labute approximate surface area is 134 Å². The van der Waals surface area contributed by atoms with Crippen LogP contribution in [0.15, 0.2) is 35.7 Å². The average molecular weight is 325 g/mol. The number of nitrogens with one attached hydrogen (secondary N) is 1. The largest absolute Gasteiger partial charge is 0.389 e. The van der Waals surface area contributed by atoms with Crippen LogP contribution in [0.1, 0.15) is 36.2 Å². The Morgan fingerprint density at radius 1 is 1.45 bits per heavy atom. The third kappa shape index (κ3) is 3.72. The molecule has 2 nitrogen and oxygen atoms in total. The van der Waals surface area contributed by atoms with Crippen LogP contribution >= 0.6 is 35.2 Å². The molecule has 1 unspecified atom stereocenters. The summed E-state index contributed by atoms with van der Waals surface area (Å²) in [5.74, 6) is 0. The third-order valence-electron chi connectivity index (χ3n) is 3.04. The van der Waals surface area contributed by atoms with Gasteiger partial charge in [-0.05, 0) is 36.1 Å². The van der Waals surface area contributed by atoms with Crippen LogP contribution in [0.3, 0.4) is 0 Å². The predicted octanol–water partition coefficient (Wildman–Crippen LogP) is 4.99. The molecule has 1 aromatic carbocycles. The standard InChI is InChI=1S/C15H17ClN2S2/c1-2-4-12(14-5-3-8-20-14)18-13-9-10(16)6-7-11(13)15(17)19/h3,5-9,12,18H,2,4H2,1H3,(H2,17,19). The molecule has 106 valence electrons. The Kier molecular flexibility index (Phi) is 5.40. The maximum Gasteiger partial charge on any atom is 0.106 e. The molecule has 20 heavy (non-hydrogen) atoms. The summed E-state index contributed by atoms with van der Waals surface area (Å²) in [5.41, 5.74) is 7.52. The SMILES string of the molecule is CCCC(Nc1cc(Cl)ccc1C(N)=S)c1cccs1. The van der Waals surface area contributed by atoms with Crippen molar-refractivity contribution < 1.29 is 0 Å². The predicted molar refractivity (Wildman–Crippen MR) is 92.9 cm³/mol. The van der Waals surface area contributed by atoms with E-state index in [9.17, 15) is 0 Å². The summed E-state index contributed by atoms with van der Waals surface area (Å²) in [4.78, 5) is 1.69.